The number of hydrogen-bond donors (Lipinski definition) is 0. The van der Waals surface area contributed by atoms with Crippen molar-refractivity contribution in [2.45, 2.75) is 374 Å². The molecular weight excluding hydrogens is 997 g/mol. The molecule has 1 unspecified atom stereocenters. The molecule has 0 aromatic heterocycles. The van der Waals surface area contributed by atoms with Crippen molar-refractivity contribution in [3.05, 3.63) is 72.9 Å². The largest absolute Gasteiger partial charge is 0.462 e. The molecule has 0 radical (unpaired) electrons. The lowest BCUT2D eigenvalue weighted by atomic mass is 10.0. The molecule has 81 heavy (non-hydrogen) atoms. The van der Waals surface area contributed by atoms with Gasteiger partial charge in [0.25, 0.3) is 0 Å². The first-order chi connectivity index (χ1) is 40.0. The van der Waals surface area contributed by atoms with Gasteiger partial charge in [0.05, 0.1) is 0 Å². The fourth-order valence-corrected chi connectivity index (χ4v) is 10.3. The molecule has 6 nitrogen and oxygen atoms in total. The summed E-state index contributed by atoms with van der Waals surface area (Å²) in [5.41, 5.74) is 0. The van der Waals surface area contributed by atoms with E-state index in [0.29, 0.717) is 19.3 Å². The van der Waals surface area contributed by atoms with Gasteiger partial charge < -0.3 is 14.2 Å². The number of unbranched alkanes of at least 4 members (excludes halogenated alkanes) is 42. The lowest BCUT2D eigenvalue weighted by molar-refractivity contribution is -0.167. The monoisotopic (exact) mass is 1130 g/mol. The van der Waals surface area contributed by atoms with Crippen molar-refractivity contribution in [1.82, 2.24) is 0 Å². The first-order valence-corrected chi connectivity index (χ1v) is 35.4. The topological polar surface area (TPSA) is 78.9 Å². The molecule has 0 aromatic rings. The standard InChI is InChI=1S/C75H134O6/c1-4-7-10-13-16-19-22-25-28-31-33-34-35-36-37-38-39-40-42-44-47-50-53-56-59-62-65-68-74(77)80-71-72(70-79-73(76)67-64-61-58-55-52-49-46-43-30-27-24-21-18-15-12-9-6-3)81-75(78)69-66-63-60-57-54-51-48-45-41-32-29-26-23-20-17-14-11-8-5-2/h17-18,20-22,25-27,29-31,33,72H,4-16,19,23-24,28,32,34-71H2,1-3H3/b20-17-,21-18-,25-22-,29-26-,30-27-,33-31-. The van der Waals surface area contributed by atoms with Crippen LogP contribution in [0.25, 0.3) is 0 Å². The Morgan fingerprint density at radius 3 is 0.704 bits per heavy atom. The Morgan fingerprint density at radius 1 is 0.247 bits per heavy atom. The molecule has 0 rings (SSSR count). The summed E-state index contributed by atoms with van der Waals surface area (Å²) in [5.74, 6) is -0.869. The molecule has 0 aliphatic heterocycles. The summed E-state index contributed by atoms with van der Waals surface area (Å²) < 4.78 is 17.0. The van der Waals surface area contributed by atoms with Crippen molar-refractivity contribution in [1.29, 1.82) is 0 Å². The molecule has 6 heteroatoms. The maximum Gasteiger partial charge on any atom is 0.306 e. The first kappa shape index (κ1) is 77.9. The minimum atomic E-state index is -0.783. The summed E-state index contributed by atoms with van der Waals surface area (Å²) in [4.78, 5) is 38.5. The van der Waals surface area contributed by atoms with Crippen LogP contribution in [0.1, 0.15) is 367 Å². The normalized spacial score (nSPS) is 12.5. The lowest BCUT2D eigenvalue weighted by Gasteiger charge is -2.18. The van der Waals surface area contributed by atoms with Crippen LogP contribution in [-0.4, -0.2) is 37.2 Å². The van der Waals surface area contributed by atoms with E-state index in [1.165, 1.54) is 244 Å². The number of carbonyl (C=O) groups excluding carboxylic acids is 3. The van der Waals surface area contributed by atoms with Crippen LogP contribution >= 0.6 is 0 Å². The molecule has 0 aliphatic carbocycles. The van der Waals surface area contributed by atoms with Gasteiger partial charge in [-0.3, -0.25) is 14.4 Å². The van der Waals surface area contributed by atoms with Crippen LogP contribution in [0.5, 0.6) is 0 Å². The lowest BCUT2D eigenvalue weighted by Crippen LogP contribution is -2.30. The summed E-state index contributed by atoms with van der Waals surface area (Å²) in [6.07, 6.45) is 90.6. The minimum Gasteiger partial charge on any atom is -0.462 e. The molecule has 0 aliphatic rings. The van der Waals surface area contributed by atoms with E-state index in [1.54, 1.807) is 0 Å². The van der Waals surface area contributed by atoms with Gasteiger partial charge in [0, 0.05) is 19.3 Å². The number of hydrogen-bond acceptors (Lipinski definition) is 6. The van der Waals surface area contributed by atoms with Crippen molar-refractivity contribution in [3.63, 3.8) is 0 Å². The highest BCUT2D eigenvalue weighted by Crippen LogP contribution is 2.17. The maximum atomic E-state index is 13.0. The highest BCUT2D eigenvalue weighted by atomic mass is 16.6. The third kappa shape index (κ3) is 67.5. The maximum absolute atomic E-state index is 13.0. The summed E-state index contributed by atoms with van der Waals surface area (Å²) in [6, 6.07) is 0. The summed E-state index contributed by atoms with van der Waals surface area (Å²) in [7, 11) is 0. The highest BCUT2D eigenvalue weighted by Gasteiger charge is 2.19. The average molecular weight is 1130 g/mol. The molecular formula is C75H134O6. The van der Waals surface area contributed by atoms with Gasteiger partial charge in [-0.2, -0.15) is 0 Å². The molecule has 0 saturated heterocycles. The third-order valence-electron chi connectivity index (χ3n) is 15.7. The second-order valence-corrected chi connectivity index (χ2v) is 23.8. The Labute approximate surface area is 503 Å². The van der Waals surface area contributed by atoms with Crippen LogP contribution in [0.2, 0.25) is 0 Å². The van der Waals surface area contributed by atoms with E-state index in [1.807, 2.05) is 0 Å². The molecule has 0 heterocycles. The number of allylic oxidation sites excluding steroid dienone is 12. The van der Waals surface area contributed by atoms with Crippen molar-refractivity contribution in [3.8, 4) is 0 Å². The predicted molar refractivity (Wildman–Crippen MR) is 353 cm³/mol. The van der Waals surface area contributed by atoms with Gasteiger partial charge in [0.2, 0.25) is 0 Å². The van der Waals surface area contributed by atoms with E-state index in [0.717, 1.165) is 83.5 Å². The molecule has 0 N–H and O–H groups in total. The first-order valence-electron chi connectivity index (χ1n) is 35.4. The van der Waals surface area contributed by atoms with Crippen molar-refractivity contribution in [2.24, 2.45) is 0 Å². The van der Waals surface area contributed by atoms with Crippen LogP contribution in [0, 0.1) is 0 Å². The molecule has 470 valence electrons. The van der Waals surface area contributed by atoms with E-state index in [4.69, 9.17) is 14.2 Å². The van der Waals surface area contributed by atoms with E-state index >= 15 is 0 Å². The summed E-state index contributed by atoms with van der Waals surface area (Å²) in [5, 5.41) is 0. The van der Waals surface area contributed by atoms with Gasteiger partial charge in [-0.05, 0) is 116 Å². The Kier molecular flexibility index (Phi) is 66.6. The number of rotatable bonds is 65. The Hall–Kier alpha value is -3.15. The molecule has 0 aromatic carbocycles. The van der Waals surface area contributed by atoms with Crippen LogP contribution in [-0.2, 0) is 28.6 Å². The van der Waals surface area contributed by atoms with Gasteiger partial charge >= 0.3 is 17.9 Å². The molecule has 1 atom stereocenters. The SMILES string of the molecule is CCCCC/C=C\C/C=C\CCCCCCCCCCCC(=O)OC(COC(=O)CCCCCCCCC/C=C\C/C=C\CCCCC)COC(=O)CCCCCCCCCCCCCCCCC/C=C\C/C=C\CCCCCCC. The fourth-order valence-electron chi connectivity index (χ4n) is 10.3. The Balaban J connectivity index is 4.30. The second kappa shape index (κ2) is 69.3. The van der Waals surface area contributed by atoms with Crippen LogP contribution in [0.15, 0.2) is 72.9 Å². The zero-order valence-electron chi connectivity index (χ0n) is 54.1. The quantitative estimate of drug-likeness (QED) is 0.0261. The minimum absolute atomic E-state index is 0.0771. The van der Waals surface area contributed by atoms with E-state index < -0.39 is 6.10 Å². The average Bonchev–Trinajstić information content (AvgIpc) is 3.47. The molecule has 0 fully saturated rings. The molecule has 0 spiro atoms. The summed E-state index contributed by atoms with van der Waals surface area (Å²) >= 11 is 0. The van der Waals surface area contributed by atoms with Gasteiger partial charge in [-0.1, -0.05) is 306 Å². The zero-order valence-corrected chi connectivity index (χ0v) is 54.1. The second-order valence-electron chi connectivity index (χ2n) is 23.8. The van der Waals surface area contributed by atoms with Crippen LogP contribution in [0.3, 0.4) is 0 Å². The Bertz CT molecular complexity index is 1490. The molecule has 0 amide bonds. The molecule has 0 saturated carbocycles. The van der Waals surface area contributed by atoms with Gasteiger partial charge in [-0.25, -0.2) is 0 Å². The number of ether oxygens (including phenoxy) is 3. The Morgan fingerprint density at radius 2 is 0.444 bits per heavy atom. The van der Waals surface area contributed by atoms with Gasteiger partial charge in [0.1, 0.15) is 13.2 Å². The highest BCUT2D eigenvalue weighted by molar-refractivity contribution is 5.71. The van der Waals surface area contributed by atoms with Gasteiger partial charge in [-0.15, -0.1) is 0 Å². The van der Waals surface area contributed by atoms with E-state index in [-0.39, 0.29) is 31.1 Å². The van der Waals surface area contributed by atoms with Gasteiger partial charge in [0.15, 0.2) is 6.10 Å². The number of carbonyl (C=O) groups is 3. The van der Waals surface area contributed by atoms with Crippen LogP contribution < -0.4 is 0 Å². The predicted octanol–water partition coefficient (Wildman–Crippen LogP) is 24.4. The van der Waals surface area contributed by atoms with Crippen molar-refractivity contribution >= 4 is 17.9 Å². The van der Waals surface area contributed by atoms with Crippen molar-refractivity contribution < 1.29 is 28.6 Å². The summed E-state index contributed by atoms with van der Waals surface area (Å²) in [6.45, 7) is 6.62. The van der Waals surface area contributed by atoms with Crippen molar-refractivity contribution in [2.75, 3.05) is 13.2 Å². The smallest absolute Gasteiger partial charge is 0.306 e. The van der Waals surface area contributed by atoms with E-state index in [9.17, 15) is 14.4 Å². The third-order valence-corrected chi connectivity index (χ3v) is 15.7. The zero-order chi connectivity index (χ0) is 58.5. The van der Waals surface area contributed by atoms with E-state index in [2.05, 4.69) is 93.7 Å². The molecule has 0 bridgehead atoms. The number of esters is 3. The fraction of sp³-hybridized carbons (Fsp3) is 0.800. The van der Waals surface area contributed by atoms with Crippen LogP contribution in [0.4, 0.5) is 0 Å².